The lowest BCUT2D eigenvalue weighted by atomic mass is 10.2. The zero-order valence-electron chi connectivity index (χ0n) is 22.5. The van der Waals surface area contributed by atoms with Crippen LogP contribution in [0.15, 0.2) is 78.9 Å². The van der Waals surface area contributed by atoms with E-state index in [1.54, 1.807) is 33.1 Å². The monoisotopic (exact) mass is 538 g/mol. The molecule has 0 unspecified atom stereocenters. The van der Waals surface area contributed by atoms with Crippen LogP contribution in [0, 0.1) is 0 Å². The van der Waals surface area contributed by atoms with E-state index in [2.05, 4.69) is 10.6 Å². The smallest absolute Gasteiger partial charge is 0.330 e. The third kappa shape index (κ3) is 7.67. The molecule has 0 saturated heterocycles. The molecule has 0 radical (unpaired) electrons. The molecular weight excluding hydrogens is 508 g/mol. The first-order valence-corrected chi connectivity index (χ1v) is 12.8. The Bertz CT molecular complexity index is 1530. The number of methoxy groups -OCH3 is 1. The van der Waals surface area contributed by atoms with Crippen molar-refractivity contribution in [1.82, 2.24) is 9.97 Å². The number of hydrogen-bond donors (Lipinski definition) is 2. The molecule has 1 aromatic heterocycles. The maximum Gasteiger partial charge on any atom is 0.330 e. The lowest BCUT2D eigenvalue weighted by molar-refractivity contribution is -0.138. The molecule has 0 amide bonds. The van der Waals surface area contributed by atoms with Crippen LogP contribution >= 0.6 is 0 Å². The Morgan fingerprint density at radius 1 is 0.700 bits per heavy atom. The van der Waals surface area contributed by atoms with Crippen molar-refractivity contribution in [2.45, 2.75) is 13.8 Å². The molecule has 1 heterocycles. The van der Waals surface area contributed by atoms with E-state index in [4.69, 9.17) is 24.2 Å². The summed E-state index contributed by atoms with van der Waals surface area (Å²) in [6.07, 6.45) is 6.19. The Kier molecular flexibility index (Phi) is 9.44. The summed E-state index contributed by atoms with van der Waals surface area (Å²) in [5.41, 5.74) is 4.64. The van der Waals surface area contributed by atoms with Gasteiger partial charge in [-0.3, -0.25) is 0 Å². The number of carbonyl (C=O) groups is 2. The molecule has 0 saturated carbocycles. The Labute approximate surface area is 232 Å². The molecule has 9 nitrogen and oxygen atoms in total. The lowest BCUT2D eigenvalue weighted by Gasteiger charge is -2.14. The van der Waals surface area contributed by atoms with E-state index in [0.717, 1.165) is 22.5 Å². The van der Waals surface area contributed by atoms with Crippen LogP contribution in [0.2, 0.25) is 0 Å². The minimum absolute atomic E-state index is 0.331. The number of hydrogen-bond acceptors (Lipinski definition) is 9. The average Bonchev–Trinajstić information content (AvgIpc) is 2.97. The van der Waals surface area contributed by atoms with Gasteiger partial charge in [0.05, 0.1) is 31.4 Å². The van der Waals surface area contributed by atoms with Crippen molar-refractivity contribution in [2.75, 3.05) is 31.0 Å². The molecule has 0 atom stereocenters. The largest absolute Gasteiger partial charge is 0.497 e. The fourth-order valence-corrected chi connectivity index (χ4v) is 3.67. The number of rotatable bonds is 11. The number of carbonyl (C=O) groups excluding carboxylic acids is 2. The van der Waals surface area contributed by atoms with E-state index >= 15 is 0 Å². The zero-order valence-corrected chi connectivity index (χ0v) is 22.5. The van der Waals surface area contributed by atoms with Gasteiger partial charge in [-0.15, -0.1) is 0 Å². The SMILES string of the molecule is CCOC(=O)/C=C/c1ccc(Nc2nc3ccc(OC)cc3nc2Nc2ccc(/C=C/C(=O)OCC)cc2)cc1. The van der Waals surface area contributed by atoms with Gasteiger partial charge < -0.3 is 24.8 Å². The highest BCUT2D eigenvalue weighted by atomic mass is 16.5. The summed E-state index contributed by atoms with van der Waals surface area (Å²) < 4.78 is 15.2. The molecule has 4 aromatic rings. The molecule has 0 bridgehead atoms. The zero-order chi connectivity index (χ0) is 28.3. The van der Waals surface area contributed by atoms with Gasteiger partial charge in [-0.1, -0.05) is 24.3 Å². The minimum atomic E-state index is -0.384. The van der Waals surface area contributed by atoms with Crippen LogP contribution in [0.5, 0.6) is 5.75 Å². The quantitative estimate of drug-likeness (QED) is 0.168. The number of fused-ring (bicyclic) bond motifs is 1. The van der Waals surface area contributed by atoms with Crippen molar-refractivity contribution in [3.63, 3.8) is 0 Å². The van der Waals surface area contributed by atoms with Gasteiger partial charge in [0.1, 0.15) is 5.75 Å². The summed E-state index contributed by atoms with van der Waals surface area (Å²) >= 11 is 0. The molecule has 4 rings (SSSR count). The van der Waals surface area contributed by atoms with Gasteiger partial charge in [-0.25, -0.2) is 19.6 Å². The normalized spacial score (nSPS) is 11.1. The summed E-state index contributed by atoms with van der Waals surface area (Å²) in [7, 11) is 1.60. The highest BCUT2D eigenvalue weighted by Gasteiger charge is 2.11. The number of nitrogens with one attached hydrogen (secondary N) is 2. The Hall–Kier alpha value is -5.18. The molecule has 0 aliphatic carbocycles. The predicted molar refractivity (Wildman–Crippen MR) is 157 cm³/mol. The van der Waals surface area contributed by atoms with Gasteiger partial charge >= 0.3 is 11.9 Å². The molecule has 204 valence electrons. The molecule has 3 aromatic carbocycles. The second-order valence-electron chi connectivity index (χ2n) is 8.44. The number of esters is 2. The molecule has 9 heteroatoms. The summed E-state index contributed by atoms with van der Waals surface area (Å²) in [6.45, 7) is 4.20. The molecule has 0 aliphatic heterocycles. The highest BCUT2D eigenvalue weighted by molar-refractivity contribution is 5.88. The topological polar surface area (TPSA) is 112 Å². The standard InChI is InChI=1S/C31H30N4O5/c1-4-39-28(36)18-10-21-6-12-23(13-7-21)32-30-31(35-27-20-25(38-3)16-17-26(27)34-30)33-24-14-8-22(9-15-24)11-19-29(37)40-5-2/h6-20H,4-5H2,1-3H3,(H,32,34)(H,33,35)/b18-10+,19-11+. The number of aromatic nitrogens is 2. The number of nitrogens with zero attached hydrogens (tertiary/aromatic N) is 2. The van der Waals surface area contributed by atoms with Crippen molar-refractivity contribution in [2.24, 2.45) is 0 Å². The van der Waals surface area contributed by atoms with Crippen molar-refractivity contribution in [3.05, 3.63) is 90.0 Å². The number of anilines is 4. The lowest BCUT2D eigenvalue weighted by Crippen LogP contribution is -2.03. The van der Waals surface area contributed by atoms with E-state index < -0.39 is 0 Å². The fraction of sp³-hybridized carbons (Fsp3) is 0.161. The summed E-state index contributed by atoms with van der Waals surface area (Å²) in [4.78, 5) is 32.8. The van der Waals surface area contributed by atoms with Gasteiger partial charge in [0.25, 0.3) is 0 Å². The van der Waals surface area contributed by atoms with Gasteiger partial charge in [-0.2, -0.15) is 0 Å². The van der Waals surface area contributed by atoms with Crippen molar-refractivity contribution < 1.29 is 23.8 Å². The maximum atomic E-state index is 11.6. The highest BCUT2D eigenvalue weighted by Crippen LogP contribution is 2.29. The van der Waals surface area contributed by atoms with E-state index in [-0.39, 0.29) is 11.9 Å². The Balaban J connectivity index is 1.58. The molecule has 0 aliphatic rings. The fourth-order valence-electron chi connectivity index (χ4n) is 3.67. The molecular formula is C31H30N4O5. The second kappa shape index (κ2) is 13.6. The average molecular weight is 539 g/mol. The van der Waals surface area contributed by atoms with Gasteiger partial charge in [-0.05, 0) is 73.5 Å². The third-order valence-electron chi connectivity index (χ3n) is 5.62. The third-order valence-corrected chi connectivity index (χ3v) is 5.62. The van der Waals surface area contributed by atoms with Crippen LogP contribution in [0.3, 0.4) is 0 Å². The number of benzene rings is 3. The Morgan fingerprint density at radius 2 is 1.18 bits per heavy atom. The van der Waals surface area contributed by atoms with Gasteiger partial charge in [0, 0.05) is 29.6 Å². The van der Waals surface area contributed by atoms with E-state index in [1.165, 1.54) is 12.2 Å². The predicted octanol–water partition coefficient (Wildman–Crippen LogP) is 6.28. The first-order chi connectivity index (χ1) is 19.5. The summed E-state index contributed by atoms with van der Waals surface area (Å²) in [6, 6.07) is 20.6. The van der Waals surface area contributed by atoms with Crippen molar-refractivity contribution in [1.29, 1.82) is 0 Å². The van der Waals surface area contributed by atoms with Crippen LogP contribution in [0.25, 0.3) is 23.2 Å². The first kappa shape index (κ1) is 27.8. The van der Waals surface area contributed by atoms with Crippen molar-refractivity contribution in [3.8, 4) is 5.75 Å². The minimum Gasteiger partial charge on any atom is -0.497 e. The number of ether oxygens (including phenoxy) is 3. The van der Waals surface area contributed by atoms with Crippen molar-refractivity contribution >= 4 is 58.1 Å². The van der Waals surface area contributed by atoms with E-state index in [0.29, 0.717) is 41.6 Å². The van der Waals surface area contributed by atoms with E-state index in [1.807, 2.05) is 66.7 Å². The van der Waals surface area contributed by atoms with Crippen LogP contribution in [-0.2, 0) is 19.1 Å². The van der Waals surface area contributed by atoms with Crippen LogP contribution in [-0.4, -0.2) is 42.2 Å². The second-order valence-corrected chi connectivity index (χ2v) is 8.44. The maximum absolute atomic E-state index is 11.6. The summed E-state index contributed by atoms with van der Waals surface area (Å²) in [5.74, 6) is 0.954. The van der Waals surface area contributed by atoms with Crippen LogP contribution in [0.1, 0.15) is 25.0 Å². The van der Waals surface area contributed by atoms with E-state index in [9.17, 15) is 9.59 Å². The molecule has 0 spiro atoms. The van der Waals surface area contributed by atoms with Gasteiger partial charge in [0.15, 0.2) is 11.6 Å². The first-order valence-electron chi connectivity index (χ1n) is 12.8. The van der Waals surface area contributed by atoms with Crippen LogP contribution < -0.4 is 15.4 Å². The molecule has 0 fully saturated rings. The summed E-state index contributed by atoms with van der Waals surface area (Å²) in [5, 5.41) is 6.67. The molecule has 40 heavy (non-hydrogen) atoms. The van der Waals surface area contributed by atoms with Crippen LogP contribution in [0.4, 0.5) is 23.0 Å². The van der Waals surface area contributed by atoms with Gasteiger partial charge in [0.2, 0.25) is 0 Å². The molecule has 2 N–H and O–H groups in total. The Morgan fingerprint density at radius 3 is 1.62 bits per heavy atom.